The van der Waals surface area contributed by atoms with Gasteiger partial charge in [-0.3, -0.25) is 0 Å². The predicted molar refractivity (Wildman–Crippen MR) is 45.9 cm³/mol. The van der Waals surface area contributed by atoms with Crippen molar-refractivity contribution in [3.63, 3.8) is 0 Å². The zero-order chi connectivity index (χ0) is 6.95. The maximum atomic E-state index is 5.33. The largest absolute Gasteiger partial charge is 0.330 e. The highest BCUT2D eigenvalue weighted by molar-refractivity contribution is 7.99. The number of unbranched alkanes of at least 4 members (excludes halogenated alkanes) is 1. The van der Waals surface area contributed by atoms with E-state index < -0.39 is 0 Å². The molecule has 0 aliphatic heterocycles. The highest BCUT2D eigenvalue weighted by Crippen LogP contribution is 2.04. The van der Waals surface area contributed by atoms with Crippen molar-refractivity contribution in [1.29, 1.82) is 0 Å². The molecule has 2 heteroatoms. The lowest BCUT2D eigenvalue weighted by molar-refractivity contribution is 0.814. The van der Waals surface area contributed by atoms with Crippen LogP contribution in [0.2, 0.25) is 0 Å². The molecule has 2 N–H and O–H groups in total. The Bertz CT molecular complexity index is 42.2. The summed E-state index contributed by atoms with van der Waals surface area (Å²) in [5.74, 6) is 2.61. The summed E-state index contributed by atoms with van der Waals surface area (Å²) < 4.78 is 0. The van der Waals surface area contributed by atoms with Gasteiger partial charge in [0.25, 0.3) is 0 Å². The van der Waals surface area contributed by atoms with Crippen LogP contribution < -0.4 is 5.73 Å². The molecule has 0 spiro atoms. The van der Waals surface area contributed by atoms with E-state index in [0.717, 1.165) is 6.54 Å². The van der Waals surface area contributed by atoms with Gasteiger partial charge in [0.2, 0.25) is 0 Å². The van der Waals surface area contributed by atoms with Crippen molar-refractivity contribution in [2.24, 2.45) is 5.73 Å². The van der Waals surface area contributed by atoms with E-state index >= 15 is 0 Å². The van der Waals surface area contributed by atoms with Gasteiger partial charge in [0, 0.05) is 0 Å². The normalized spacial score (nSPS) is 10.0. The Morgan fingerprint density at radius 3 is 2.56 bits per heavy atom. The van der Waals surface area contributed by atoms with Crippen molar-refractivity contribution in [1.82, 2.24) is 0 Å². The average Bonchev–Trinajstić information content (AvgIpc) is 1.89. The molecule has 0 bridgehead atoms. The summed E-state index contributed by atoms with van der Waals surface area (Å²) in [5.41, 5.74) is 5.33. The van der Waals surface area contributed by atoms with E-state index in [1.807, 2.05) is 11.8 Å². The quantitative estimate of drug-likeness (QED) is 0.580. The van der Waals surface area contributed by atoms with Gasteiger partial charge in [-0.1, -0.05) is 6.92 Å². The molecule has 0 aliphatic carbocycles. The van der Waals surface area contributed by atoms with Crippen molar-refractivity contribution < 1.29 is 0 Å². The third-order valence-electron chi connectivity index (χ3n) is 1.09. The molecule has 0 atom stereocenters. The molecule has 0 fully saturated rings. The maximum absolute atomic E-state index is 5.33. The zero-order valence-electron chi connectivity index (χ0n) is 6.23. The fourth-order valence-electron chi connectivity index (χ4n) is 0.595. The minimum absolute atomic E-state index is 0.854. The van der Waals surface area contributed by atoms with E-state index in [1.165, 1.54) is 30.8 Å². The maximum Gasteiger partial charge on any atom is -0.00671 e. The second-order valence-corrected chi connectivity index (χ2v) is 3.33. The van der Waals surface area contributed by atoms with Gasteiger partial charge in [0.05, 0.1) is 0 Å². The van der Waals surface area contributed by atoms with E-state index in [9.17, 15) is 0 Å². The van der Waals surface area contributed by atoms with Crippen molar-refractivity contribution >= 4 is 11.8 Å². The first-order valence-electron chi connectivity index (χ1n) is 3.69. The summed E-state index contributed by atoms with van der Waals surface area (Å²) in [7, 11) is 0. The molecule has 0 aromatic rings. The zero-order valence-corrected chi connectivity index (χ0v) is 7.04. The van der Waals surface area contributed by atoms with Crippen LogP contribution in [-0.2, 0) is 0 Å². The Morgan fingerprint density at radius 2 is 2.00 bits per heavy atom. The summed E-state index contributed by atoms with van der Waals surface area (Å²) in [4.78, 5) is 0. The Labute approximate surface area is 62.4 Å². The molecule has 0 saturated heterocycles. The van der Waals surface area contributed by atoms with Gasteiger partial charge >= 0.3 is 0 Å². The van der Waals surface area contributed by atoms with E-state index in [4.69, 9.17) is 5.73 Å². The highest BCUT2D eigenvalue weighted by Gasteiger charge is 1.85. The standard InChI is InChI=1S/C7H17NS/c1-2-6-9-7-4-3-5-8/h2-8H2,1H3. The van der Waals surface area contributed by atoms with Gasteiger partial charge in [0.15, 0.2) is 0 Å². The summed E-state index contributed by atoms with van der Waals surface area (Å²) in [6.07, 6.45) is 3.78. The van der Waals surface area contributed by atoms with Crippen LogP contribution in [0.25, 0.3) is 0 Å². The first kappa shape index (κ1) is 9.31. The molecule has 0 heterocycles. The Hall–Kier alpha value is 0.310. The fraction of sp³-hybridized carbons (Fsp3) is 1.00. The third-order valence-corrected chi connectivity index (χ3v) is 2.37. The lowest BCUT2D eigenvalue weighted by Gasteiger charge is -1.96. The molecule has 0 aliphatic rings. The van der Waals surface area contributed by atoms with E-state index in [0.29, 0.717) is 0 Å². The van der Waals surface area contributed by atoms with Crippen LogP contribution in [0.5, 0.6) is 0 Å². The number of hydrogen-bond donors (Lipinski definition) is 1. The second kappa shape index (κ2) is 8.31. The van der Waals surface area contributed by atoms with Gasteiger partial charge in [-0.15, -0.1) is 0 Å². The molecule has 0 aromatic heterocycles. The van der Waals surface area contributed by atoms with E-state index in [1.54, 1.807) is 0 Å². The van der Waals surface area contributed by atoms with Crippen LogP contribution in [0, 0.1) is 0 Å². The molecule has 0 rings (SSSR count). The van der Waals surface area contributed by atoms with Crippen LogP contribution in [0.1, 0.15) is 26.2 Å². The van der Waals surface area contributed by atoms with Crippen LogP contribution in [0.4, 0.5) is 0 Å². The molecule has 9 heavy (non-hydrogen) atoms. The lowest BCUT2D eigenvalue weighted by atomic mass is 10.3. The Kier molecular flexibility index (Phi) is 8.60. The minimum atomic E-state index is 0.854. The van der Waals surface area contributed by atoms with Gasteiger partial charge in [-0.2, -0.15) is 11.8 Å². The number of hydrogen-bond acceptors (Lipinski definition) is 2. The third kappa shape index (κ3) is 8.31. The smallest absolute Gasteiger partial charge is 0.00671 e. The predicted octanol–water partition coefficient (Wildman–Crippen LogP) is 1.87. The molecule has 0 amide bonds. The van der Waals surface area contributed by atoms with Crippen LogP contribution in [-0.4, -0.2) is 18.1 Å². The SMILES string of the molecule is CCCSCCCCN. The first-order chi connectivity index (χ1) is 4.41. The highest BCUT2D eigenvalue weighted by atomic mass is 32.2. The van der Waals surface area contributed by atoms with Crippen LogP contribution >= 0.6 is 11.8 Å². The summed E-state index contributed by atoms with van der Waals surface area (Å²) >= 11 is 2.04. The van der Waals surface area contributed by atoms with Gasteiger partial charge < -0.3 is 5.73 Å². The molecule has 56 valence electrons. The van der Waals surface area contributed by atoms with Crippen molar-refractivity contribution in [3.05, 3.63) is 0 Å². The molecule has 0 radical (unpaired) electrons. The molecule has 1 nitrogen and oxygen atoms in total. The van der Waals surface area contributed by atoms with Gasteiger partial charge in [0.1, 0.15) is 0 Å². The number of rotatable bonds is 6. The van der Waals surface area contributed by atoms with Crippen molar-refractivity contribution in [2.45, 2.75) is 26.2 Å². The van der Waals surface area contributed by atoms with Gasteiger partial charge in [-0.25, -0.2) is 0 Å². The molecular formula is C7H17NS. The second-order valence-electron chi connectivity index (χ2n) is 2.11. The van der Waals surface area contributed by atoms with Gasteiger partial charge in [-0.05, 0) is 37.3 Å². The summed E-state index contributed by atoms with van der Waals surface area (Å²) in [6, 6.07) is 0. The van der Waals surface area contributed by atoms with Crippen LogP contribution in [0.15, 0.2) is 0 Å². The lowest BCUT2D eigenvalue weighted by Crippen LogP contribution is -1.98. The first-order valence-corrected chi connectivity index (χ1v) is 4.85. The molecule has 0 unspecified atom stereocenters. The van der Waals surface area contributed by atoms with Crippen molar-refractivity contribution in [2.75, 3.05) is 18.1 Å². The topological polar surface area (TPSA) is 26.0 Å². The molecule has 0 aromatic carbocycles. The average molecular weight is 147 g/mol. The molecule has 0 saturated carbocycles. The van der Waals surface area contributed by atoms with Crippen LogP contribution in [0.3, 0.4) is 0 Å². The monoisotopic (exact) mass is 147 g/mol. The Balaban J connectivity index is 2.60. The van der Waals surface area contributed by atoms with Crippen molar-refractivity contribution in [3.8, 4) is 0 Å². The molecular weight excluding hydrogens is 130 g/mol. The fourth-order valence-corrected chi connectivity index (χ4v) is 1.50. The number of nitrogens with two attached hydrogens (primary N) is 1. The minimum Gasteiger partial charge on any atom is -0.330 e. The number of thioether (sulfide) groups is 1. The summed E-state index contributed by atoms with van der Waals surface area (Å²) in [6.45, 7) is 3.07. The Morgan fingerprint density at radius 1 is 1.22 bits per heavy atom. The van der Waals surface area contributed by atoms with E-state index in [-0.39, 0.29) is 0 Å². The van der Waals surface area contributed by atoms with E-state index in [2.05, 4.69) is 6.92 Å². The summed E-state index contributed by atoms with van der Waals surface area (Å²) in [5, 5.41) is 0.